The van der Waals surface area contributed by atoms with Crippen LogP contribution in [-0.2, 0) is 9.47 Å². The smallest absolute Gasteiger partial charge is 0.309 e. The highest BCUT2D eigenvalue weighted by Gasteiger charge is 2.43. The Morgan fingerprint density at radius 2 is 1.93 bits per heavy atom. The van der Waals surface area contributed by atoms with E-state index in [1.165, 1.54) is 0 Å². The molecule has 1 atom stereocenters. The summed E-state index contributed by atoms with van der Waals surface area (Å²) in [5, 5.41) is 8.81. The molecule has 4 nitrogen and oxygen atoms in total. The van der Waals surface area contributed by atoms with Crippen LogP contribution in [0.5, 0.6) is 0 Å². The first kappa shape index (κ1) is 10.4. The number of hydrogen-bond acceptors (Lipinski definition) is 3. The number of hydrogen-bond donors (Lipinski definition) is 0. The number of rotatable bonds is 1. The van der Waals surface area contributed by atoms with Gasteiger partial charge in [-0.1, -0.05) is 0 Å². The molecule has 2 aliphatic rings. The van der Waals surface area contributed by atoms with Gasteiger partial charge in [-0.05, 0) is 12.8 Å². The summed E-state index contributed by atoms with van der Waals surface area (Å²) < 4.78 is 11.2. The molecule has 1 unspecified atom stereocenters. The zero-order valence-corrected chi connectivity index (χ0v) is 8.61. The lowest BCUT2D eigenvalue weighted by molar-refractivity contribution is -0.182. The van der Waals surface area contributed by atoms with Gasteiger partial charge in [0.05, 0.1) is 13.2 Å². The average Bonchev–Trinajstić information content (AvgIpc) is 2.72. The Hall–Kier alpha value is -1.10. The fourth-order valence-electron chi connectivity index (χ4n) is 2.42. The molecule has 0 aromatic rings. The molecule has 1 spiro atoms. The summed E-state index contributed by atoms with van der Waals surface area (Å²) in [5.41, 5.74) is 0. The van der Waals surface area contributed by atoms with Crippen LogP contribution in [0.4, 0.5) is 0 Å². The van der Waals surface area contributed by atoms with Gasteiger partial charge in [0.1, 0.15) is 0 Å². The molecule has 1 aliphatic carbocycles. The highest BCUT2D eigenvalue weighted by molar-refractivity contribution is 5.04. The molecule has 1 saturated carbocycles. The van der Waals surface area contributed by atoms with Crippen molar-refractivity contribution in [2.24, 2.45) is 5.92 Å². The first-order chi connectivity index (χ1) is 7.29. The van der Waals surface area contributed by atoms with Crippen molar-refractivity contribution in [1.29, 1.82) is 5.26 Å². The Labute approximate surface area is 89.6 Å². The fraction of sp³-hybridized carbons (Fsp3) is 0.818. The molecule has 1 heterocycles. The maximum absolute atomic E-state index is 8.81. The summed E-state index contributed by atoms with van der Waals surface area (Å²) in [6.45, 7) is 8.29. The lowest BCUT2D eigenvalue weighted by atomic mass is 9.81. The van der Waals surface area contributed by atoms with Crippen LogP contribution in [0.1, 0.15) is 25.7 Å². The quantitative estimate of drug-likeness (QED) is 0.614. The van der Waals surface area contributed by atoms with E-state index in [9.17, 15) is 0 Å². The molecule has 0 aromatic heterocycles. The molecule has 0 aromatic carbocycles. The molecule has 1 saturated heterocycles. The van der Waals surface area contributed by atoms with Crippen molar-refractivity contribution in [1.82, 2.24) is 0 Å². The van der Waals surface area contributed by atoms with Crippen molar-refractivity contribution in [3.63, 3.8) is 0 Å². The lowest BCUT2D eigenvalue weighted by Gasteiger charge is -2.34. The van der Waals surface area contributed by atoms with Crippen LogP contribution in [0, 0.1) is 23.8 Å². The van der Waals surface area contributed by atoms with Crippen LogP contribution < -0.4 is 0 Å². The molecule has 0 bridgehead atoms. The summed E-state index contributed by atoms with van der Waals surface area (Å²) in [5.74, 6) is -0.177. The summed E-state index contributed by atoms with van der Waals surface area (Å²) >= 11 is 0. The van der Waals surface area contributed by atoms with Crippen molar-refractivity contribution in [2.45, 2.75) is 37.5 Å². The first-order valence-electron chi connectivity index (χ1n) is 5.34. The predicted octanol–water partition coefficient (Wildman–Crippen LogP) is 1.73. The second-order valence-electron chi connectivity index (χ2n) is 4.15. The Morgan fingerprint density at radius 3 is 2.40 bits per heavy atom. The second-order valence-corrected chi connectivity index (χ2v) is 4.15. The van der Waals surface area contributed by atoms with Crippen molar-refractivity contribution in [2.75, 3.05) is 13.2 Å². The minimum atomic E-state index is -0.483. The molecule has 1 aliphatic heterocycles. The predicted molar refractivity (Wildman–Crippen MR) is 52.6 cm³/mol. The van der Waals surface area contributed by atoms with Gasteiger partial charge in [-0.2, -0.15) is 5.26 Å². The van der Waals surface area contributed by atoms with Crippen molar-refractivity contribution in [3.8, 4) is 6.07 Å². The summed E-state index contributed by atoms with van der Waals surface area (Å²) in [4.78, 5) is 3.35. The SMILES string of the molecule is [C-]#[N+]C(C#N)C1CCC2(CC1)OCCO2. The number of nitrogens with zero attached hydrogens (tertiary/aromatic N) is 2. The van der Waals surface area contributed by atoms with E-state index in [1.807, 2.05) is 0 Å². The minimum Gasteiger partial charge on any atom is -0.348 e. The van der Waals surface area contributed by atoms with Gasteiger partial charge in [-0.3, -0.25) is 4.85 Å². The van der Waals surface area contributed by atoms with E-state index in [1.54, 1.807) is 0 Å². The zero-order valence-electron chi connectivity index (χ0n) is 8.61. The Bertz CT molecular complexity index is 286. The van der Waals surface area contributed by atoms with E-state index in [-0.39, 0.29) is 11.7 Å². The van der Waals surface area contributed by atoms with E-state index >= 15 is 0 Å². The third-order valence-electron chi connectivity index (χ3n) is 3.32. The molecular formula is C11H14N2O2. The number of ether oxygens (including phenoxy) is 2. The molecule has 15 heavy (non-hydrogen) atoms. The van der Waals surface area contributed by atoms with Gasteiger partial charge >= 0.3 is 6.04 Å². The zero-order chi connectivity index (χ0) is 10.7. The third kappa shape index (κ3) is 1.97. The normalized spacial score (nSPS) is 27.1. The van der Waals surface area contributed by atoms with E-state index in [0.29, 0.717) is 13.2 Å². The van der Waals surface area contributed by atoms with Gasteiger partial charge in [0.2, 0.25) is 0 Å². The van der Waals surface area contributed by atoms with E-state index < -0.39 is 6.04 Å². The Kier molecular flexibility index (Phi) is 2.90. The molecule has 4 heteroatoms. The average molecular weight is 206 g/mol. The first-order valence-corrected chi connectivity index (χ1v) is 5.34. The molecule has 0 radical (unpaired) electrons. The molecule has 2 rings (SSSR count). The Balaban J connectivity index is 1.92. The topological polar surface area (TPSA) is 46.6 Å². The molecular weight excluding hydrogens is 192 g/mol. The van der Waals surface area contributed by atoms with E-state index in [4.69, 9.17) is 21.3 Å². The molecule has 0 N–H and O–H groups in total. The van der Waals surface area contributed by atoms with Gasteiger partial charge in [0.15, 0.2) is 11.9 Å². The van der Waals surface area contributed by atoms with Gasteiger partial charge in [0, 0.05) is 18.8 Å². The highest BCUT2D eigenvalue weighted by atomic mass is 16.7. The van der Waals surface area contributed by atoms with Crippen LogP contribution >= 0.6 is 0 Å². The van der Waals surface area contributed by atoms with Crippen molar-refractivity contribution < 1.29 is 9.47 Å². The standard InChI is InChI=1S/C11H14N2O2/c1-13-10(8-12)9-2-4-11(5-3-9)14-6-7-15-11/h9-10H,2-7H2. The van der Waals surface area contributed by atoms with E-state index in [2.05, 4.69) is 10.9 Å². The highest BCUT2D eigenvalue weighted by Crippen LogP contribution is 2.39. The van der Waals surface area contributed by atoms with Crippen molar-refractivity contribution >= 4 is 0 Å². The summed E-state index contributed by atoms with van der Waals surface area (Å²) in [6, 6.07) is 1.58. The molecule has 80 valence electrons. The monoisotopic (exact) mass is 206 g/mol. The minimum absolute atomic E-state index is 0.200. The van der Waals surface area contributed by atoms with Gasteiger partial charge in [0.25, 0.3) is 0 Å². The van der Waals surface area contributed by atoms with Gasteiger partial charge in [-0.25, -0.2) is 6.57 Å². The summed E-state index contributed by atoms with van der Waals surface area (Å²) in [7, 11) is 0. The summed E-state index contributed by atoms with van der Waals surface area (Å²) in [6.07, 6.45) is 3.37. The van der Waals surface area contributed by atoms with Crippen LogP contribution in [0.15, 0.2) is 0 Å². The van der Waals surface area contributed by atoms with Crippen LogP contribution in [0.2, 0.25) is 0 Å². The molecule has 0 amide bonds. The largest absolute Gasteiger partial charge is 0.348 e. The van der Waals surface area contributed by atoms with E-state index in [0.717, 1.165) is 25.7 Å². The van der Waals surface area contributed by atoms with Crippen LogP contribution in [0.25, 0.3) is 4.85 Å². The maximum Gasteiger partial charge on any atom is 0.309 e. The maximum atomic E-state index is 8.81. The molecule has 2 fully saturated rings. The second kappa shape index (κ2) is 4.18. The lowest BCUT2D eigenvalue weighted by Crippen LogP contribution is -2.37. The third-order valence-corrected chi connectivity index (χ3v) is 3.32. The van der Waals surface area contributed by atoms with Crippen LogP contribution in [0.3, 0.4) is 0 Å². The fourth-order valence-corrected chi connectivity index (χ4v) is 2.42. The van der Waals surface area contributed by atoms with Crippen LogP contribution in [-0.4, -0.2) is 25.0 Å². The number of nitriles is 1. The van der Waals surface area contributed by atoms with Gasteiger partial charge < -0.3 is 9.47 Å². The Morgan fingerprint density at radius 1 is 1.33 bits per heavy atom. The van der Waals surface area contributed by atoms with Crippen molar-refractivity contribution in [3.05, 3.63) is 11.4 Å². The van der Waals surface area contributed by atoms with Gasteiger partial charge in [-0.15, -0.1) is 0 Å².